The van der Waals surface area contributed by atoms with Gasteiger partial charge < -0.3 is 10.3 Å². The van der Waals surface area contributed by atoms with E-state index in [4.69, 9.17) is 10.3 Å². The van der Waals surface area contributed by atoms with Gasteiger partial charge in [0.15, 0.2) is 5.82 Å². The van der Waals surface area contributed by atoms with Crippen molar-refractivity contribution in [1.29, 1.82) is 0 Å². The van der Waals surface area contributed by atoms with Crippen molar-refractivity contribution in [2.75, 3.05) is 0 Å². The van der Waals surface area contributed by atoms with Crippen LogP contribution in [0, 0.1) is 5.92 Å². The molecule has 1 aromatic rings. The summed E-state index contributed by atoms with van der Waals surface area (Å²) in [6, 6.07) is 0. The van der Waals surface area contributed by atoms with Gasteiger partial charge in [0.2, 0.25) is 5.89 Å². The van der Waals surface area contributed by atoms with Gasteiger partial charge in [-0.25, -0.2) is 0 Å². The topological polar surface area (TPSA) is 64.9 Å². The van der Waals surface area contributed by atoms with E-state index in [9.17, 15) is 0 Å². The quantitative estimate of drug-likeness (QED) is 0.900. The van der Waals surface area contributed by atoms with Crippen LogP contribution >= 0.6 is 12.4 Å². The van der Waals surface area contributed by atoms with E-state index in [1.54, 1.807) is 0 Å². The smallest absolute Gasteiger partial charge is 0.226 e. The summed E-state index contributed by atoms with van der Waals surface area (Å²) in [5, 5.41) is 4.02. The van der Waals surface area contributed by atoms with Crippen LogP contribution < -0.4 is 5.73 Å². The van der Waals surface area contributed by atoms with Crippen molar-refractivity contribution in [3.8, 4) is 0 Å². The standard InChI is InChI=1S/C12H19N3O.ClH/c13-12(7-2-8-12)11-14-10(16-15-11)6-5-9-3-1-4-9;/h9H,1-8,13H2;1H. The van der Waals surface area contributed by atoms with Gasteiger partial charge in [0.1, 0.15) is 0 Å². The van der Waals surface area contributed by atoms with Crippen LogP contribution in [0.25, 0.3) is 0 Å². The fraction of sp³-hybridized carbons (Fsp3) is 0.833. The molecule has 2 aliphatic rings. The van der Waals surface area contributed by atoms with Gasteiger partial charge in [0.25, 0.3) is 0 Å². The summed E-state index contributed by atoms with van der Waals surface area (Å²) < 4.78 is 5.26. The first-order valence-electron chi connectivity index (χ1n) is 6.38. The van der Waals surface area contributed by atoms with Crippen LogP contribution in [0.4, 0.5) is 0 Å². The molecule has 0 spiro atoms. The van der Waals surface area contributed by atoms with Crippen molar-refractivity contribution in [1.82, 2.24) is 10.1 Å². The van der Waals surface area contributed by atoms with Gasteiger partial charge in [0.05, 0.1) is 5.54 Å². The van der Waals surface area contributed by atoms with E-state index in [1.165, 1.54) is 32.1 Å². The van der Waals surface area contributed by atoms with Crippen molar-refractivity contribution in [3.63, 3.8) is 0 Å². The molecule has 1 heterocycles. The van der Waals surface area contributed by atoms with Crippen molar-refractivity contribution in [3.05, 3.63) is 11.7 Å². The highest BCUT2D eigenvalue weighted by Crippen LogP contribution is 2.37. The molecule has 96 valence electrons. The van der Waals surface area contributed by atoms with Crippen LogP contribution in [0.15, 0.2) is 4.52 Å². The molecule has 3 rings (SSSR count). The molecule has 0 unspecified atom stereocenters. The zero-order valence-electron chi connectivity index (χ0n) is 10.0. The number of nitrogens with zero attached hydrogens (tertiary/aromatic N) is 2. The summed E-state index contributed by atoms with van der Waals surface area (Å²) >= 11 is 0. The molecule has 0 saturated heterocycles. The van der Waals surface area contributed by atoms with Gasteiger partial charge in [0, 0.05) is 6.42 Å². The van der Waals surface area contributed by atoms with Crippen LogP contribution in [-0.4, -0.2) is 10.1 Å². The van der Waals surface area contributed by atoms with Gasteiger partial charge in [-0.15, -0.1) is 12.4 Å². The molecule has 2 saturated carbocycles. The lowest BCUT2D eigenvalue weighted by molar-refractivity contribution is 0.228. The van der Waals surface area contributed by atoms with Gasteiger partial charge >= 0.3 is 0 Å². The van der Waals surface area contributed by atoms with Gasteiger partial charge in [-0.2, -0.15) is 4.98 Å². The molecule has 0 bridgehead atoms. The highest BCUT2D eigenvalue weighted by atomic mass is 35.5. The normalized spacial score (nSPS) is 22.4. The maximum Gasteiger partial charge on any atom is 0.226 e. The summed E-state index contributed by atoms with van der Waals surface area (Å²) in [4.78, 5) is 4.43. The molecule has 0 aliphatic heterocycles. The average Bonchev–Trinajstić information content (AvgIpc) is 2.61. The number of hydrogen-bond donors (Lipinski definition) is 1. The van der Waals surface area contributed by atoms with Gasteiger partial charge in [-0.3, -0.25) is 0 Å². The fourth-order valence-corrected chi connectivity index (χ4v) is 2.45. The zero-order chi connectivity index (χ0) is 11.0. The Morgan fingerprint density at radius 3 is 2.59 bits per heavy atom. The van der Waals surface area contributed by atoms with Crippen LogP contribution in [0.5, 0.6) is 0 Å². The highest BCUT2D eigenvalue weighted by Gasteiger charge is 2.38. The second-order valence-corrected chi connectivity index (χ2v) is 5.36. The Morgan fingerprint density at radius 2 is 2.06 bits per heavy atom. The van der Waals surface area contributed by atoms with E-state index in [0.29, 0.717) is 0 Å². The number of halogens is 1. The first kappa shape index (κ1) is 12.8. The van der Waals surface area contributed by atoms with Crippen LogP contribution in [-0.2, 0) is 12.0 Å². The van der Waals surface area contributed by atoms with E-state index in [2.05, 4.69) is 10.1 Å². The van der Waals surface area contributed by atoms with Crippen molar-refractivity contribution in [2.24, 2.45) is 11.7 Å². The van der Waals surface area contributed by atoms with Crippen molar-refractivity contribution in [2.45, 2.75) is 56.9 Å². The lowest BCUT2D eigenvalue weighted by Gasteiger charge is -2.34. The number of aryl methyl sites for hydroxylation is 1. The molecule has 0 amide bonds. The molecule has 5 heteroatoms. The molecule has 2 N–H and O–H groups in total. The predicted octanol–water partition coefficient (Wildman–Crippen LogP) is 2.56. The molecule has 2 fully saturated rings. The maximum atomic E-state index is 6.15. The number of nitrogens with two attached hydrogens (primary N) is 1. The Hall–Kier alpha value is -0.610. The van der Waals surface area contributed by atoms with E-state index in [-0.39, 0.29) is 17.9 Å². The minimum absolute atomic E-state index is 0. The Kier molecular flexibility index (Phi) is 3.73. The third kappa shape index (κ3) is 2.47. The van der Waals surface area contributed by atoms with E-state index in [0.717, 1.165) is 36.9 Å². The monoisotopic (exact) mass is 257 g/mol. The predicted molar refractivity (Wildman–Crippen MR) is 66.9 cm³/mol. The fourth-order valence-electron chi connectivity index (χ4n) is 2.45. The summed E-state index contributed by atoms with van der Waals surface area (Å²) in [6.45, 7) is 0. The molecule has 17 heavy (non-hydrogen) atoms. The molecule has 1 aromatic heterocycles. The third-order valence-corrected chi connectivity index (χ3v) is 4.15. The second-order valence-electron chi connectivity index (χ2n) is 5.36. The van der Waals surface area contributed by atoms with Crippen molar-refractivity contribution < 1.29 is 4.52 Å². The molecule has 4 nitrogen and oxygen atoms in total. The molecular formula is C12H20ClN3O. The van der Waals surface area contributed by atoms with Crippen LogP contribution in [0.3, 0.4) is 0 Å². The summed E-state index contributed by atoms with van der Waals surface area (Å²) in [7, 11) is 0. The third-order valence-electron chi connectivity index (χ3n) is 4.15. The Balaban J connectivity index is 0.00000108. The van der Waals surface area contributed by atoms with E-state index in [1.807, 2.05) is 0 Å². The summed E-state index contributed by atoms with van der Waals surface area (Å²) in [6.07, 6.45) is 9.44. The van der Waals surface area contributed by atoms with Crippen molar-refractivity contribution >= 4 is 12.4 Å². The lowest BCUT2D eigenvalue weighted by atomic mass is 9.77. The number of hydrogen-bond acceptors (Lipinski definition) is 4. The van der Waals surface area contributed by atoms with Gasteiger partial charge in [-0.05, 0) is 31.6 Å². The van der Waals surface area contributed by atoms with Crippen LogP contribution in [0.2, 0.25) is 0 Å². The van der Waals surface area contributed by atoms with Gasteiger partial charge in [-0.1, -0.05) is 24.4 Å². The lowest BCUT2D eigenvalue weighted by Crippen LogP contribution is -2.44. The minimum Gasteiger partial charge on any atom is -0.339 e. The molecule has 2 aliphatic carbocycles. The Bertz CT molecular complexity index is 372. The molecule has 0 aromatic carbocycles. The SMILES string of the molecule is Cl.NC1(c2noc(CCC3CCC3)n2)CCC1. The first-order valence-corrected chi connectivity index (χ1v) is 6.38. The Labute approximate surface area is 108 Å². The minimum atomic E-state index is -0.280. The molecular weight excluding hydrogens is 238 g/mol. The zero-order valence-corrected chi connectivity index (χ0v) is 10.8. The maximum absolute atomic E-state index is 6.15. The van der Waals surface area contributed by atoms with E-state index < -0.39 is 0 Å². The second kappa shape index (κ2) is 4.94. The first-order chi connectivity index (χ1) is 7.76. The van der Waals surface area contributed by atoms with Crippen LogP contribution in [0.1, 0.15) is 56.7 Å². The molecule has 0 atom stereocenters. The Morgan fingerprint density at radius 1 is 1.29 bits per heavy atom. The average molecular weight is 258 g/mol. The highest BCUT2D eigenvalue weighted by molar-refractivity contribution is 5.85. The molecule has 0 radical (unpaired) electrons. The largest absolute Gasteiger partial charge is 0.339 e. The number of aromatic nitrogens is 2. The summed E-state index contributed by atoms with van der Waals surface area (Å²) in [5.41, 5.74) is 5.87. The summed E-state index contributed by atoms with van der Waals surface area (Å²) in [5.74, 6) is 2.40. The van der Waals surface area contributed by atoms with E-state index >= 15 is 0 Å². The number of rotatable bonds is 4.